The van der Waals surface area contributed by atoms with Gasteiger partial charge in [-0.15, -0.1) is 0 Å². The summed E-state index contributed by atoms with van der Waals surface area (Å²) in [6.07, 6.45) is 0. The molecule has 2 heteroatoms. The Bertz CT molecular complexity index is 849. The molecule has 0 aliphatic heterocycles. The Hall–Kier alpha value is -3.65. The minimum absolute atomic E-state index is 0.164. The quantitative estimate of drug-likeness (QED) is 0.313. The molecule has 0 amide bonds. The van der Waals surface area contributed by atoms with Crippen molar-refractivity contribution in [2.24, 2.45) is 0 Å². The van der Waals surface area contributed by atoms with Crippen LogP contribution in [-0.2, 0) is 0 Å². The zero-order valence-corrected chi connectivity index (χ0v) is 15.6. The van der Waals surface area contributed by atoms with Gasteiger partial charge in [-0.1, -0.05) is 97.1 Å². The van der Waals surface area contributed by atoms with E-state index in [0.717, 1.165) is 22.5 Å². The first-order valence-electron chi connectivity index (χ1n) is 9.43. The van der Waals surface area contributed by atoms with E-state index < -0.39 is 0 Å². The van der Waals surface area contributed by atoms with Crippen LogP contribution in [0.5, 0.6) is 0 Å². The molecule has 2 nitrogen and oxygen atoms in total. The summed E-state index contributed by atoms with van der Waals surface area (Å²) in [6.45, 7) is 0. The molecule has 0 aliphatic rings. The number of nitrogens with zero attached hydrogens (tertiary/aromatic N) is 1. The normalized spacial score (nSPS) is 10.6. The van der Waals surface area contributed by atoms with E-state index in [1.807, 2.05) is 77.7 Å². The Morgan fingerprint density at radius 3 is 1.18 bits per heavy atom. The van der Waals surface area contributed by atoms with Crippen molar-refractivity contribution in [1.82, 2.24) is 0 Å². The maximum absolute atomic E-state index is 9.28. The summed E-state index contributed by atoms with van der Waals surface area (Å²) in [4.78, 5) is 2.03. The fourth-order valence-corrected chi connectivity index (χ4v) is 3.51. The van der Waals surface area contributed by atoms with Gasteiger partial charge in [-0.05, 0) is 35.4 Å². The van der Waals surface area contributed by atoms with Crippen LogP contribution in [0, 0.1) is 5.41 Å². The molecule has 0 aromatic heterocycles. The Balaban J connectivity index is 1.85. The van der Waals surface area contributed by atoms with Gasteiger partial charge in [0.15, 0.2) is 0 Å². The van der Waals surface area contributed by atoms with Gasteiger partial charge in [-0.3, -0.25) is 10.3 Å². The predicted octanol–water partition coefficient (Wildman–Crippen LogP) is 6.63. The van der Waals surface area contributed by atoms with E-state index in [9.17, 15) is 5.41 Å². The fourth-order valence-electron chi connectivity index (χ4n) is 3.51. The molecule has 0 aliphatic carbocycles. The van der Waals surface area contributed by atoms with Gasteiger partial charge in [-0.2, -0.15) is 0 Å². The minimum atomic E-state index is -0.164. The summed E-state index contributed by atoms with van der Waals surface area (Å²) in [7, 11) is 0. The Morgan fingerprint density at radius 1 is 0.500 bits per heavy atom. The number of nitrogens with one attached hydrogen (secondary N) is 1. The van der Waals surface area contributed by atoms with E-state index >= 15 is 0 Å². The molecule has 0 saturated heterocycles. The van der Waals surface area contributed by atoms with Crippen molar-refractivity contribution >= 4 is 17.2 Å². The molecule has 0 bridgehead atoms. The number of benzene rings is 4. The molecular formula is C26H22N2. The van der Waals surface area contributed by atoms with Crippen molar-refractivity contribution in [2.75, 3.05) is 4.90 Å². The van der Waals surface area contributed by atoms with Crippen molar-refractivity contribution < 1.29 is 0 Å². The fraction of sp³-hybridized carbons (Fsp3) is 0.0385. The van der Waals surface area contributed by atoms with Crippen LogP contribution < -0.4 is 4.90 Å². The molecule has 4 rings (SSSR count). The molecule has 0 radical (unpaired) electrons. The van der Waals surface area contributed by atoms with Gasteiger partial charge in [0.25, 0.3) is 0 Å². The Kier molecular flexibility index (Phi) is 5.30. The summed E-state index contributed by atoms with van der Waals surface area (Å²) in [6, 6.07) is 40.8. The average molecular weight is 362 g/mol. The third-order valence-electron chi connectivity index (χ3n) is 4.81. The molecule has 4 aromatic rings. The standard InChI is InChI=1S/C26H22N2/c27-26(25(21-13-5-1-6-14-21)22-15-7-2-8-16-22)28(23-17-9-3-10-18-23)24-19-11-4-12-20-24/h1-20,25,27H. The third kappa shape index (κ3) is 3.72. The number of amidine groups is 1. The summed E-state index contributed by atoms with van der Waals surface area (Å²) in [5.41, 5.74) is 4.18. The first kappa shape index (κ1) is 17.7. The highest BCUT2D eigenvalue weighted by Gasteiger charge is 2.26. The van der Waals surface area contributed by atoms with Crippen molar-refractivity contribution in [3.8, 4) is 0 Å². The largest absolute Gasteiger partial charge is 0.298 e. The van der Waals surface area contributed by atoms with E-state index in [-0.39, 0.29) is 5.92 Å². The second-order valence-electron chi connectivity index (χ2n) is 6.65. The van der Waals surface area contributed by atoms with Crippen molar-refractivity contribution in [1.29, 1.82) is 5.41 Å². The molecular weight excluding hydrogens is 340 g/mol. The zero-order valence-electron chi connectivity index (χ0n) is 15.6. The second-order valence-corrected chi connectivity index (χ2v) is 6.65. The molecule has 0 heterocycles. The summed E-state index contributed by atoms with van der Waals surface area (Å²) in [5, 5.41) is 9.28. The molecule has 1 N–H and O–H groups in total. The van der Waals surface area contributed by atoms with E-state index in [4.69, 9.17) is 0 Å². The molecule has 0 unspecified atom stereocenters. The van der Waals surface area contributed by atoms with Gasteiger partial charge in [0.2, 0.25) is 0 Å². The highest BCUT2D eigenvalue weighted by Crippen LogP contribution is 2.33. The molecule has 0 saturated carbocycles. The maximum atomic E-state index is 9.28. The molecule has 136 valence electrons. The monoisotopic (exact) mass is 362 g/mol. The SMILES string of the molecule is N=C(C(c1ccccc1)c1ccccc1)N(c1ccccc1)c1ccccc1. The van der Waals surface area contributed by atoms with Crippen LogP contribution in [0.15, 0.2) is 121 Å². The van der Waals surface area contributed by atoms with Crippen molar-refractivity contribution in [3.63, 3.8) is 0 Å². The third-order valence-corrected chi connectivity index (χ3v) is 4.81. The molecule has 0 fully saturated rings. The van der Waals surface area contributed by atoms with Gasteiger partial charge in [0.1, 0.15) is 5.84 Å². The van der Waals surface area contributed by atoms with Crippen LogP contribution in [0.2, 0.25) is 0 Å². The van der Waals surface area contributed by atoms with Gasteiger partial charge < -0.3 is 0 Å². The first-order chi connectivity index (χ1) is 13.8. The lowest BCUT2D eigenvalue weighted by atomic mass is 9.89. The van der Waals surface area contributed by atoms with Gasteiger partial charge in [0.05, 0.1) is 5.92 Å². The maximum Gasteiger partial charge on any atom is 0.117 e. The lowest BCUT2D eigenvalue weighted by Crippen LogP contribution is -2.31. The van der Waals surface area contributed by atoms with Crippen LogP contribution in [0.4, 0.5) is 11.4 Å². The van der Waals surface area contributed by atoms with Crippen LogP contribution in [0.25, 0.3) is 0 Å². The highest BCUT2D eigenvalue weighted by molar-refractivity contribution is 6.07. The molecule has 28 heavy (non-hydrogen) atoms. The van der Waals surface area contributed by atoms with Crippen LogP contribution >= 0.6 is 0 Å². The van der Waals surface area contributed by atoms with E-state index in [1.54, 1.807) is 0 Å². The molecule has 0 spiro atoms. The van der Waals surface area contributed by atoms with E-state index in [2.05, 4.69) is 48.5 Å². The van der Waals surface area contributed by atoms with Crippen LogP contribution in [-0.4, -0.2) is 5.84 Å². The minimum Gasteiger partial charge on any atom is -0.298 e. The molecule has 0 atom stereocenters. The van der Waals surface area contributed by atoms with Gasteiger partial charge >= 0.3 is 0 Å². The number of anilines is 2. The average Bonchev–Trinajstić information content (AvgIpc) is 2.77. The van der Waals surface area contributed by atoms with Gasteiger partial charge in [0, 0.05) is 11.4 Å². The second kappa shape index (κ2) is 8.36. The summed E-state index contributed by atoms with van der Waals surface area (Å²) < 4.78 is 0. The lowest BCUT2D eigenvalue weighted by molar-refractivity contribution is 1.03. The smallest absolute Gasteiger partial charge is 0.117 e. The molecule has 4 aromatic carbocycles. The zero-order chi connectivity index (χ0) is 19.2. The lowest BCUT2D eigenvalue weighted by Gasteiger charge is -2.31. The number of hydrogen-bond acceptors (Lipinski definition) is 1. The van der Waals surface area contributed by atoms with E-state index in [0.29, 0.717) is 5.84 Å². The van der Waals surface area contributed by atoms with Crippen molar-refractivity contribution in [3.05, 3.63) is 132 Å². The topological polar surface area (TPSA) is 27.1 Å². The Labute approximate surface area is 166 Å². The van der Waals surface area contributed by atoms with E-state index in [1.165, 1.54) is 0 Å². The first-order valence-corrected chi connectivity index (χ1v) is 9.43. The number of para-hydroxylation sites is 2. The Morgan fingerprint density at radius 2 is 0.821 bits per heavy atom. The predicted molar refractivity (Wildman–Crippen MR) is 117 cm³/mol. The van der Waals surface area contributed by atoms with Crippen LogP contribution in [0.1, 0.15) is 17.0 Å². The van der Waals surface area contributed by atoms with Gasteiger partial charge in [-0.25, -0.2) is 0 Å². The number of rotatable bonds is 5. The number of hydrogen-bond donors (Lipinski definition) is 1. The summed E-state index contributed by atoms with van der Waals surface area (Å²) >= 11 is 0. The van der Waals surface area contributed by atoms with Crippen molar-refractivity contribution in [2.45, 2.75) is 5.92 Å². The summed E-state index contributed by atoms with van der Waals surface area (Å²) in [5.74, 6) is 0.359. The van der Waals surface area contributed by atoms with Crippen LogP contribution in [0.3, 0.4) is 0 Å². The highest BCUT2D eigenvalue weighted by atomic mass is 15.2.